The van der Waals surface area contributed by atoms with Gasteiger partial charge < -0.3 is 20.3 Å². The maximum Gasteiger partial charge on any atom is 0.191 e. The molecule has 0 bridgehead atoms. The summed E-state index contributed by atoms with van der Waals surface area (Å²) in [6, 6.07) is 0.752. The Morgan fingerprint density at radius 2 is 2.24 bits per heavy atom. The van der Waals surface area contributed by atoms with Crippen LogP contribution in [0.3, 0.4) is 0 Å². The molecule has 6 heteroatoms. The normalized spacial score (nSPS) is 22.1. The molecule has 2 rings (SSSR count). The van der Waals surface area contributed by atoms with Gasteiger partial charge in [-0.3, -0.25) is 4.99 Å². The number of nitrogens with zero attached hydrogens (tertiary/aromatic N) is 2. The summed E-state index contributed by atoms with van der Waals surface area (Å²) in [4.78, 5) is 7.35. The predicted octanol–water partition coefficient (Wildman–Crippen LogP) is 3.16. The minimum absolute atomic E-state index is 0. The Hall–Kier alpha value is -0.340. The topological polar surface area (TPSA) is 48.9 Å². The Balaban J connectivity index is 0.00000312. The van der Waals surface area contributed by atoms with E-state index in [0.29, 0.717) is 0 Å². The molecule has 2 aliphatic rings. The highest BCUT2D eigenvalue weighted by Crippen LogP contribution is 2.16. The fourth-order valence-corrected chi connectivity index (χ4v) is 3.43. The Labute approximate surface area is 171 Å². The van der Waals surface area contributed by atoms with Crippen molar-refractivity contribution in [2.24, 2.45) is 4.99 Å². The van der Waals surface area contributed by atoms with E-state index in [2.05, 4.69) is 35.5 Å². The van der Waals surface area contributed by atoms with Gasteiger partial charge in [0, 0.05) is 32.2 Å². The van der Waals surface area contributed by atoms with Crippen LogP contribution in [0.25, 0.3) is 0 Å². The molecule has 0 radical (unpaired) electrons. The van der Waals surface area contributed by atoms with Gasteiger partial charge in [-0.25, -0.2) is 0 Å². The molecule has 2 N–H and O–H groups in total. The first-order valence-electron chi connectivity index (χ1n) is 9.81. The number of aliphatic imine (C=N–C) groups is 1. The molecule has 0 spiro atoms. The summed E-state index contributed by atoms with van der Waals surface area (Å²) < 4.78 is 5.35. The van der Waals surface area contributed by atoms with Crippen LogP contribution >= 0.6 is 24.0 Å². The monoisotopic (exact) mass is 464 g/mol. The van der Waals surface area contributed by atoms with Gasteiger partial charge in [-0.15, -0.1) is 24.0 Å². The first kappa shape index (κ1) is 22.7. The lowest BCUT2D eigenvalue weighted by molar-refractivity contribution is 0.153. The van der Waals surface area contributed by atoms with E-state index >= 15 is 0 Å². The molecule has 0 aliphatic carbocycles. The number of piperidine rings is 1. The van der Waals surface area contributed by atoms with Crippen molar-refractivity contribution in [1.82, 2.24) is 15.5 Å². The fraction of sp³-hybridized carbons (Fsp3) is 0.842. The first-order chi connectivity index (χ1) is 11.8. The summed E-state index contributed by atoms with van der Waals surface area (Å²) in [5.41, 5.74) is 1.50. The third kappa shape index (κ3) is 9.24. The van der Waals surface area contributed by atoms with Gasteiger partial charge in [0.2, 0.25) is 0 Å². The van der Waals surface area contributed by atoms with Gasteiger partial charge in [0.15, 0.2) is 5.96 Å². The average Bonchev–Trinajstić information content (AvgIpc) is 2.61. The van der Waals surface area contributed by atoms with Crippen LogP contribution in [-0.4, -0.2) is 62.8 Å². The number of nitrogens with one attached hydrogen (secondary N) is 2. The third-order valence-corrected chi connectivity index (χ3v) is 4.95. The van der Waals surface area contributed by atoms with Gasteiger partial charge >= 0.3 is 0 Å². The Bertz CT molecular complexity index is 414. The van der Waals surface area contributed by atoms with Crippen LogP contribution in [0.5, 0.6) is 0 Å². The predicted molar refractivity (Wildman–Crippen MR) is 117 cm³/mol. The number of rotatable bonds is 8. The number of guanidine groups is 1. The molecular formula is C19H37IN4O. The summed E-state index contributed by atoms with van der Waals surface area (Å²) in [6.07, 6.45) is 9.63. The van der Waals surface area contributed by atoms with Crippen LogP contribution < -0.4 is 10.6 Å². The zero-order valence-corrected chi connectivity index (χ0v) is 18.4. The second-order valence-electron chi connectivity index (χ2n) is 6.86. The van der Waals surface area contributed by atoms with Crippen molar-refractivity contribution >= 4 is 29.9 Å². The highest BCUT2D eigenvalue weighted by atomic mass is 127. The summed E-state index contributed by atoms with van der Waals surface area (Å²) in [5.74, 6) is 0.955. The molecule has 0 saturated carbocycles. The zero-order chi connectivity index (χ0) is 17.0. The second kappa shape index (κ2) is 13.8. The molecule has 0 aromatic rings. The van der Waals surface area contributed by atoms with Gasteiger partial charge in [0.25, 0.3) is 0 Å². The lowest BCUT2D eigenvalue weighted by Crippen LogP contribution is -2.39. The number of hydrogen-bond acceptors (Lipinski definition) is 3. The van der Waals surface area contributed by atoms with Crippen LogP contribution in [0.1, 0.15) is 52.4 Å². The minimum Gasteiger partial charge on any atom is -0.377 e. The largest absolute Gasteiger partial charge is 0.377 e. The molecule has 1 fully saturated rings. The van der Waals surface area contributed by atoms with Crippen molar-refractivity contribution in [1.29, 1.82) is 0 Å². The molecule has 2 heterocycles. The van der Waals surface area contributed by atoms with Gasteiger partial charge in [0.05, 0.1) is 13.2 Å². The molecule has 0 aromatic heterocycles. The van der Waals surface area contributed by atoms with E-state index in [1.54, 1.807) is 0 Å². The maximum atomic E-state index is 5.35. The smallest absolute Gasteiger partial charge is 0.191 e. The molecule has 2 aliphatic heterocycles. The SMILES string of the molecule is CCNC(=NCCCN1CCCCC1C)NCCC1=CCOCC1.I. The first-order valence-corrected chi connectivity index (χ1v) is 9.81. The van der Waals surface area contributed by atoms with Crippen molar-refractivity contribution in [3.63, 3.8) is 0 Å². The van der Waals surface area contributed by atoms with Crippen molar-refractivity contribution < 1.29 is 4.74 Å². The van der Waals surface area contributed by atoms with Gasteiger partial charge in [-0.1, -0.05) is 18.1 Å². The minimum atomic E-state index is 0. The summed E-state index contributed by atoms with van der Waals surface area (Å²) in [5, 5.41) is 6.81. The van der Waals surface area contributed by atoms with Crippen LogP contribution in [-0.2, 0) is 4.74 Å². The molecular weight excluding hydrogens is 427 g/mol. The van der Waals surface area contributed by atoms with Crippen molar-refractivity contribution in [3.8, 4) is 0 Å². The zero-order valence-electron chi connectivity index (χ0n) is 16.1. The quantitative estimate of drug-likeness (QED) is 0.191. The van der Waals surface area contributed by atoms with Gasteiger partial charge in [-0.2, -0.15) is 0 Å². The lowest BCUT2D eigenvalue weighted by atomic mass is 10.0. The van der Waals surface area contributed by atoms with Crippen LogP contribution in [0.4, 0.5) is 0 Å². The Kier molecular flexibility index (Phi) is 12.5. The number of halogens is 1. The molecule has 1 saturated heterocycles. The number of likely N-dealkylation sites (tertiary alicyclic amines) is 1. The van der Waals surface area contributed by atoms with E-state index in [1.165, 1.54) is 37.9 Å². The summed E-state index contributed by atoms with van der Waals surface area (Å²) in [7, 11) is 0. The Morgan fingerprint density at radius 3 is 2.96 bits per heavy atom. The Morgan fingerprint density at radius 1 is 1.36 bits per heavy atom. The fourth-order valence-electron chi connectivity index (χ4n) is 3.43. The van der Waals surface area contributed by atoms with E-state index < -0.39 is 0 Å². The standard InChI is InChI=1S/C19H36N4O.HI/c1-3-20-19(22-12-8-18-9-15-24-16-10-18)21-11-6-14-23-13-5-4-7-17(23)2;/h9,17H,3-8,10-16H2,1-2H3,(H2,20,21,22);1H. The van der Waals surface area contributed by atoms with Crippen LogP contribution in [0.15, 0.2) is 16.6 Å². The molecule has 0 aromatic carbocycles. The molecule has 5 nitrogen and oxygen atoms in total. The van der Waals surface area contributed by atoms with E-state index in [-0.39, 0.29) is 24.0 Å². The van der Waals surface area contributed by atoms with Crippen LogP contribution in [0, 0.1) is 0 Å². The molecule has 25 heavy (non-hydrogen) atoms. The van der Waals surface area contributed by atoms with Crippen LogP contribution in [0.2, 0.25) is 0 Å². The maximum absolute atomic E-state index is 5.35. The van der Waals surface area contributed by atoms with Gasteiger partial charge in [0.1, 0.15) is 0 Å². The molecule has 1 unspecified atom stereocenters. The third-order valence-electron chi connectivity index (χ3n) is 4.95. The molecule has 0 amide bonds. The summed E-state index contributed by atoms with van der Waals surface area (Å²) in [6.45, 7) is 11.3. The lowest BCUT2D eigenvalue weighted by Gasteiger charge is -2.33. The van der Waals surface area contributed by atoms with E-state index in [9.17, 15) is 0 Å². The summed E-state index contributed by atoms with van der Waals surface area (Å²) >= 11 is 0. The van der Waals surface area contributed by atoms with E-state index in [0.717, 1.165) is 64.1 Å². The number of ether oxygens (including phenoxy) is 1. The average molecular weight is 464 g/mol. The van der Waals surface area contributed by atoms with E-state index in [1.807, 2.05) is 0 Å². The molecule has 1 atom stereocenters. The van der Waals surface area contributed by atoms with Crippen molar-refractivity contribution in [2.45, 2.75) is 58.4 Å². The molecule has 146 valence electrons. The number of hydrogen-bond donors (Lipinski definition) is 2. The highest BCUT2D eigenvalue weighted by molar-refractivity contribution is 14.0. The second-order valence-corrected chi connectivity index (χ2v) is 6.86. The van der Waals surface area contributed by atoms with Crippen molar-refractivity contribution in [2.75, 3.05) is 45.9 Å². The van der Waals surface area contributed by atoms with Gasteiger partial charge in [-0.05, 0) is 52.5 Å². The highest BCUT2D eigenvalue weighted by Gasteiger charge is 2.16. The van der Waals surface area contributed by atoms with E-state index in [4.69, 9.17) is 9.73 Å². The van der Waals surface area contributed by atoms with Crippen molar-refractivity contribution in [3.05, 3.63) is 11.6 Å².